The first-order valence-corrected chi connectivity index (χ1v) is 6.82. The molecule has 0 saturated carbocycles. The summed E-state index contributed by atoms with van der Waals surface area (Å²) in [4.78, 5) is 11.6. The van der Waals surface area contributed by atoms with E-state index in [2.05, 4.69) is 27.6 Å². The van der Waals surface area contributed by atoms with Crippen molar-refractivity contribution in [1.82, 2.24) is 10.2 Å². The maximum Gasteiger partial charge on any atom is 0.235 e. The van der Waals surface area contributed by atoms with Crippen LogP contribution in [0.1, 0.15) is 22.1 Å². The van der Waals surface area contributed by atoms with Crippen LogP contribution in [-0.2, 0) is 4.79 Å². The van der Waals surface area contributed by atoms with Crippen molar-refractivity contribution in [2.75, 3.05) is 11.1 Å². The van der Waals surface area contributed by atoms with E-state index in [1.807, 2.05) is 25.1 Å². The average molecular weight is 259 g/mol. The number of thioether (sulfide) groups is 1. The second kappa shape index (κ2) is 4.49. The van der Waals surface area contributed by atoms with Gasteiger partial charge in [-0.15, -0.1) is 11.8 Å². The molecule has 1 aliphatic rings. The summed E-state index contributed by atoms with van der Waals surface area (Å²) in [5, 5.41) is 10.1. The number of fused-ring (bicyclic) bond motifs is 1. The molecule has 2 aromatic rings. The number of nitrogens with zero attached hydrogens (tertiary/aromatic N) is 1. The van der Waals surface area contributed by atoms with Gasteiger partial charge in [-0.25, -0.2) is 0 Å². The molecule has 4 nitrogen and oxygen atoms in total. The topological polar surface area (TPSA) is 57.8 Å². The van der Waals surface area contributed by atoms with E-state index in [1.165, 1.54) is 5.56 Å². The molecule has 18 heavy (non-hydrogen) atoms. The Morgan fingerprint density at radius 1 is 1.33 bits per heavy atom. The van der Waals surface area contributed by atoms with Crippen molar-refractivity contribution in [1.29, 1.82) is 0 Å². The van der Waals surface area contributed by atoms with Crippen molar-refractivity contribution >= 4 is 23.5 Å². The third-order valence-electron chi connectivity index (χ3n) is 3.00. The Morgan fingerprint density at radius 2 is 2.11 bits per heavy atom. The molecular weight excluding hydrogens is 246 g/mol. The fourth-order valence-corrected chi connectivity index (χ4v) is 3.35. The van der Waals surface area contributed by atoms with E-state index < -0.39 is 0 Å². The molecule has 1 unspecified atom stereocenters. The van der Waals surface area contributed by atoms with Crippen molar-refractivity contribution in [3.05, 3.63) is 47.2 Å². The molecule has 1 atom stereocenters. The Balaban J connectivity index is 2.10. The first kappa shape index (κ1) is 11.3. The average Bonchev–Trinajstić information content (AvgIpc) is 2.65. The number of anilines is 1. The monoisotopic (exact) mass is 259 g/mol. The number of amides is 1. The van der Waals surface area contributed by atoms with Crippen LogP contribution in [0.25, 0.3) is 0 Å². The quantitative estimate of drug-likeness (QED) is 0.827. The number of aromatic amines is 1. The number of carbonyl (C=O) groups is 1. The highest BCUT2D eigenvalue weighted by Gasteiger charge is 2.27. The van der Waals surface area contributed by atoms with Crippen molar-refractivity contribution in [3.8, 4) is 0 Å². The van der Waals surface area contributed by atoms with Crippen LogP contribution >= 0.6 is 11.8 Å². The lowest BCUT2D eigenvalue weighted by atomic mass is 10.0. The number of carbonyl (C=O) groups excluding carboxylic acids is 1. The summed E-state index contributed by atoms with van der Waals surface area (Å²) in [5.74, 6) is 1.12. The van der Waals surface area contributed by atoms with Crippen LogP contribution < -0.4 is 5.32 Å². The van der Waals surface area contributed by atoms with E-state index in [1.54, 1.807) is 11.8 Å². The maximum absolute atomic E-state index is 11.6. The molecule has 0 fully saturated rings. The summed E-state index contributed by atoms with van der Waals surface area (Å²) in [6.45, 7) is 1.99. The normalized spacial score (nSPS) is 18.9. The largest absolute Gasteiger partial charge is 0.308 e. The molecule has 1 aliphatic heterocycles. The number of nitrogens with one attached hydrogen (secondary N) is 2. The van der Waals surface area contributed by atoms with E-state index >= 15 is 0 Å². The van der Waals surface area contributed by atoms with Gasteiger partial charge >= 0.3 is 0 Å². The summed E-state index contributed by atoms with van der Waals surface area (Å²) in [6, 6.07) is 10.2. The van der Waals surface area contributed by atoms with Crippen LogP contribution in [0.5, 0.6) is 0 Å². The molecule has 1 amide bonds. The Kier molecular flexibility index (Phi) is 2.83. The van der Waals surface area contributed by atoms with Crippen molar-refractivity contribution in [2.24, 2.45) is 0 Å². The lowest BCUT2D eigenvalue weighted by molar-refractivity contribution is -0.113. The first-order valence-electron chi connectivity index (χ1n) is 5.77. The smallest absolute Gasteiger partial charge is 0.235 e. The van der Waals surface area contributed by atoms with Gasteiger partial charge in [0.25, 0.3) is 0 Å². The van der Waals surface area contributed by atoms with Gasteiger partial charge in [0.2, 0.25) is 5.91 Å². The zero-order chi connectivity index (χ0) is 12.5. The van der Waals surface area contributed by atoms with E-state index in [0.717, 1.165) is 11.3 Å². The number of benzene rings is 1. The third kappa shape index (κ3) is 1.90. The van der Waals surface area contributed by atoms with E-state index in [9.17, 15) is 4.79 Å². The fraction of sp³-hybridized carbons (Fsp3) is 0.231. The summed E-state index contributed by atoms with van der Waals surface area (Å²) in [7, 11) is 0. The van der Waals surface area contributed by atoms with Gasteiger partial charge in [-0.1, -0.05) is 30.3 Å². The number of aromatic nitrogens is 2. The summed E-state index contributed by atoms with van der Waals surface area (Å²) in [5.41, 5.74) is 3.29. The van der Waals surface area contributed by atoms with Gasteiger partial charge in [-0.2, -0.15) is 5.10 Å². The van der Waals surface area contributed by atoms with Crippen LogP contribution in [-0.4, -0.2) is 21.9 Å². The number of aryl methyl sites for hydroxylation is 1. The molecule has 2 N–H and O–H groups in total. The van der Waals surface area contributed by atoms with Crippen molar-refractivity contribution in [2.45, 2.75) is 12.2 Å². The lowest BCUT2D eigenvalue weighted by Crippen LogP contribution is -2.12. The second-order valence-corrected chi connectivity index (χ2v) is 5.35. The third-order valence-corrected chi connectivity index (χ3v) is 4.27. The summed E-state index contributed by atoms with van der Waals surface area (Å²) >= 11 is 1.63. The Bertz CT molecular complexity index is 579. The highest BCUT2D eigenvalue weighted by molar-refractivity contribution is 8.00. The van der Waals surface area contributed by atoms with Crippen LogP contribution in [0, 0.1) is 6.92 Å². The molecule has 5 heteroatoms. The number of hydrogen-bond donors (Lipinski definition) is 2. The van der Waals surface area contributed by atoms with Gasteiger partial charge in [-0.3, -0.25) is 9.89 Å². The standard InChI is InChI=1S/C13H13N3OS/c1-8-11-12(9-5-3-2-4-6-9)18-7-10(17)14-13(11)16-15-8/h2-6,12H,7H2,1H3,(H2,14,15,16,17). The first-order chi connectivity index (χ1) is 8.75. The molecule has 0 aliphatic carbocycles. The van der Waals surface area contributed by atoms with Crippen molar-refractivity contribution in [3.63, 3.8) is 0 Å². The second-order valence-electron chi connectivity index (χ2n) is 4.26. The molecule has 1 aromatic carbocycles. The van der Waals surface area contributed by atoms with Gasteiger partial charge in [0.1, 0.15) is 0 Å². The van der Waals surface area contributed by atoms with Crippen LogP contribution in [0.3, 0.4) is 0 Å². The lowest BCUT2D eigenvalue weighted by Gasteiger charge is -2.14. The van der Waals surface area contributed by atoms with Crippen molar-refractivity contribution < 1.29 is 4.79 Å². The van der Waals surface area contributed by atoms with Gasteiger partial charge in [-0.05, 0) is 12.5 Å². The predicted octanol–water partition coefficient (Wildman–Crippen LogP) is 2.49. The highest BCUT2D eigenvalue weighted by atomic mass is 32.2. The minimum absolute atomic E-state index is 0.00572. The van der Waals surface area contributed by atoms with Crippen LogP contribution in [0.4, 0.5) is 5.82 Å². The van der Waals surface area contributed by atoms with Gasteiger partial charge in [0.15, 0.2) is 5.82 Å². The van der Waals surface area contributed by atoms with Gasteiger partial charge < -0.3 is 5.32 Å². The molecule has 0 radical (unpaired) electrons. The molecule has 92 valence electrons. The molecule has 0 bridgehead atoms. The zero-order valence-corrected chi connectivity index (χ0v) is 10.8. The maximum atomic E-state index is 11.6. The number of hydrogen-bond acceptors (Lipinski definition) is 3. The Hall–Kier alpha value is -1.75. The predicted molar refractivity (Wildman–Crippen MR) is 72.7 cm³/mol. The number of rotatable bonds is 1. The molecule has 0 spiro atoms. The van der Waals surface area contributed by atoms with Gasteiger partial charge in [0.05, 0.1) is 11.0 Å². The molecule has 3 rings (SSSR count). The van der Waals surface area contributed by atoms with E-state index in [4.69, 9.17) is 0 Å². The highest BCUT2D eigenvalue weighted by Crippen LogP contribution is 2.41. The molecular formula is C13H13N3OS. The SMILES string of the molecule is Cc1[nH]nc2c1C(c1ccccc1)SCC(=O)N2. The number of H-pyrrole nitrogens is 1. The summed E-state index contributed by atoms with van der Waals surface area (Å²) < 4.78 is 0. The van der Waals surface area contributed by atoms with Gasteiger partial charge in [0, 0.05) is 11.3 Å². The van der Waals surface area contributed by atoms with E-state index in [0.29, 0.717) is 11.6 Å². The minimum atomic E-state index is 0.00572. The summed E-state index contributed by atoms with van der Waals surface area (Å²) in [6.07, 6.45) is 0. The molecule has 1 aromatic heterocycles. The molecule has 0 saturated heterocycles. The van der Waals surface area contributed by atoms with E-state index in [-0.39, 0.29) is 11.2 Å². The van der Waals surface area contributed by atoms with Crippen LogP contribution in [0.2, 0.25) is 0 Å². The minimum Gasteiger partial charge on any atom is -0.308 e. The molecule has 2 heterocycles. The Morgan fingerprint density at radius 3 is 2.89 bits per heavy atom. The van der Waals surface area contributed by atoms with Crippen LogP contribution in [0.15, 0.2) is 30.3 Å². The zero-order valence-electron chi connectivity index (χ0n) is 9.93. The Labute approximate surface area is 109 Å². The fourth-order valence-electron chi connectivity index (χ4n) is 2.16.